The summed E-state index contributed by atoms with van der Waals surface area (Å²) in [5, 5.41) is 5.81. The van der Waals surface area contributed by atoms with Crippen LogP contribution in [0.15, 0.2) is 48.5 Å². The van der Waals surface area contributed by atoms with Crippen LogP contribution in [0.2, 0.25) is 0 Å². The monoisotopic (exact) mass is 553 g/mol. The van der Waals surface area contributed by atoms with Crippen LogP contribution in [-0.2, 0) is 19.1 Å². The van der Waals surface area contributed by atoms with E-state index in [2.05, 4.69) is 15.4 Å². The number of alkyl halides is 6. The summed E-state index contributed by atoms with van der Waals surface area (Å²) in [5.41, 5.74) is 2.59. The van der Waals surface area contributed by atoms with Crippen molar-refractivity contribution in [3.8, 4) is 0 Å². The van der Waals surface area contributed by atoms with E-state index in [0.717, 1.165) is 22.9 Å². The summed E-state index contributed by atoms with van der Waals surface area (Å²) >= 11 is 0. The fourth-order valence-electron chi connectivity index (χ4n) is 3.91. The molecule has 204 valence electrons. The molecule has 2 amide bonds. The first-order valence-corrected chi connectivity index (χ1v) is 11.1. The van der Waals surface area contributed by atoms with Crippen molar-refractivity contribution in [1.82, 2.24) is 14.8 Å². The van der Waals surface area contributed by atoms with Crippen molar-refractivity contribution in [1.29, 1.82) is 0 Å². The number of rotatable bonds is 6. The Morgan fingerprint density at radius 1 is 0.974 bits per heavy atom. The highest BCUT2D eigenvalue weighted by Crippen LogP contribution is 2.36. The van der Waals surface area contributed by atoms with E-state index in [9.17, 15) is 40.3 Å². The van der Waals surface area contributed by atoms with Crippen molar-refractivity contribution < 1.29 is 40.3 Å². The summed E-state index contributed by atoms with van der Waals surface area (Å²) in [7, 11) is 0. The maximum absolute atomic E-state index is 13.9. The minimum atomic E-state index is -4.99. The molecule has 0 fully saturated rings. The number of carbonyl (C=O) groups excluding carboxylic acids is 2. The maximum atomic E-state index is 13.9. The summed E-state index contributed by atoms with van der Waals surface area (Å²) in [4.78, 5) is 28.7. The minimum Gasteiger partial charge on any atom is -0.364 e. The first-order chi connectivity index (χ1) is 18.1. The standard InChI is InChI=1S/C25H18F7N5O2/c1-12-20(35-23(39)17-9-19(22(33)38)34-18-8-15(26)6-7-16(17)18)21(25(30,31)32)36-37(12)11-14-4-2-13(3-5-14)10-24(27,28)29/h2-9H,10-11H2,1H3,(H2,33,38)(H,35,39). The molecule has 7 nitrogen and oxygen atoms in total. The summed E-state index contributed by atoms with van der Waals surface area (Å²) < 4.78 is 94.0. The van der Waals surface area contributed by atoms with Gasteiger partial charge < -0.3 is 11.1 Å². The van der Waals surface area contributed by atoms with Gasteiger partial charge in [-0.2, -0.15) is 31.4 Å². The van der Waals surface area contributed by atoms with Gasteiger partial charge in [0.15, 0.2) is 5.69 Å². The lowest BCUT2D eigenvalue weighted by Crippen LogP contribution is -2.19. The first-order valence-electron chi connectivity index (χ1n) is 11.1. The Labute approximate surface area is 215 Å². The Morgan fingerprint density at radius 3 is 2.21 bits per heavy atom. The summed E-state index contributed by atoms with van der Waals surface area (Å²) in [5.74, 6) is -2.84. The van der Waals surface area contributed by atoms with Gasteiger partial charge in [0.25, 0.3) is 11.8 Å². The van der Waals surface area contributed by atoms with Crippen LogP contribution in [0.25, 0.3) is 10.9 Å². The Balaban J connectivity index is 1.70. The number of aromatic nitrogens is 3. The van der Waals surface area contributed by atoms with Crippen LogP contribution in [0.5, 0.6) is 0 Å². The number of anilines is 1. The minimum absolute atomic E-state index is 0.0211. The van der Waals surface area contributed by atoms with Gasteiger partial charge in [-0.05, 0) is 36.2 Å². The van der Waals surface area contributed by atoms with Gasteiger partial charge in [0.2, 0.25) is 0 Å². The van der Waals surface area contributed by atoms with Crippen molar-refractivity contribution in [2.45, 2.75) is 32.2 Å². The van der Waals surface area contributed by atoms with Gasteiger partial charge in [-0.3, -0.25) is 14.3 Å². The van der Waals surface area contributed by atoms with Gasteiger partial charge in [-0.15, -0.1) is 0 Å². The van der Waals surface area contributed by atoms with Crippen molar-refractivity contribution in [2.75, 3.05) is 5.32 Å². The van der Waals surface area contributed by atoms with Crippen molar-refractivity contribution in [2.24, 2.45) is 5.73 Å². The van der Waals surface area contributed by atoms with Crippen LogP contribution in [-0.4, -0.2) is 32.8 Å². The molecule has 2 heterocycles. The molecule has 4 rings (SSSR count). The number of carbonyl (C=O) groups is 2. The molecule has 0 aliphatic rings. The van der Waals surface area contributed by atoms with Gasteiger partial charge in [-0.1, -0.05) is 24.3 Å². The third-order valence-electron chi connectivity index (χ3n) is 5.74. The molecular formula is C25H18F7N5O2. The molecule has 0 atom stereocenters. The van der Waals surface area contributed by atoms with Gasteiger partial charge in [-0.25, -0.2) is 9.37 Å². The van der Waals surface area contributed by atoms with Gasteiger partial charge >= 0.3 is 12.4 Å². The Morgan fingerprint density at radius 2 is 1.62 bits per heavy atom. The Kier molecular flexibility index (Phi) is 7.06. The van der Waals surface area contributed by atoms with E-state index in [-0.39, 0.29) is 34.3 Å². The number of hydrogen-bond acceptors (Lipinski definition) is 4. The zero-order valence-corrected chi connectivity index (χ0v) is 19.9. The predicted molar refractivity (Wildman–Crippen MR) is 125 cm³/mol. The zero-order valence-electron chi connectivity index (χ0n) is 19.9. The predicted octanol–water partition coefficient (Wildman–Crippen LogP) is 5.40. The number of halogens is 7. The number of benzene rings is 2. The van der Waals surface area contributed by atoms with Crippen LogP contribution >= 0.6 is 0 Å². The molecule has 2 aromatic heterocycles. The first kappa shape index (κ1) is 27.5. The largest absolute Gasteiger partial charge is 0.437 e. The number of nitrogens with one attached hydrogen (secondary N) is 1. The third-order valence-corrected chi connectivity index (χ3v) is 5.74. The van der Waals surface area contributed by atoms with E-state index < -0.39 is 53.5 Å². The molecule has 0 spiro atoms. The highest BCUT2D eigenvalue weighted by molar-refractivity contribution is 6.14. The van der Waals surface area contributed by atoms with Gasteiger partial charge in [0.05, 0.1) is 35.4 Å². The van der Waals surface area contributed by atoms with Crippen LogP contribution in [0.4, 0.5) is 36.4 Å². The smallest absolute Gasteiger partial charge is 0.364 e. The molecule has 39 heavy (non-hydrogen) atoms. The average Bonchev–Trinajstić information content (AvgIpc) is 3.13. The van der Waals surface area contributed by atoms with Crippen molar-refractivity contribution >= 4 is 28.4 Å². The van der Waals surface area contributed by atoms with Gasteiger partial charge in [0.1, 0.15) is 11.5 Å². The molecule has 0 bridgehead atoms. The molecule has 0 saturated heterocycles. The molecule has 2 aromatic carbocycles. The molecule has 14 heteroatoms. The number of pyridine rings is 1. The summed E-state index contributed by atoms with van der Waals surface area (Å²) in [6, 6.07) is 9.19. The van der Waals surface area contributed by atoms with E-state index in [1.165, 1.54) is 37.3 Å². The quantitative estimate of drug-likeness (QED) is 0.312. The molecule has 0 unspecified atom stereocenters. The second kappa shape index (κ2) is 10.0. The number of primary amides is 1. The van der Waals surface area contributed by atoms with E-state index >= 15 is 0 Å². The Hall–Kier alpha value is -4.49. The number of amides is 2. The van der Waals surface area contributed by atoms with E-state index in [1.807, 2.05) is 0 Å². The fourth-order valence-corrected chi connectivity index (χ4v) is 3.91. The summed E-state index contributed by atoms with van der Waals surface area (Å²) in [6.07, 6.45) is -10.6. The normalized spacial score (nSPS) is 12.1. The van der Waals surface area contributed by atoms with E-state index in [0.29, 0.717) is 5.56 Å². The second-order valence-electron chi connectivity index (χ2n) is 8.61. The molecule has 0 aliphatic heterocycles. The highest BCUT2D eigenvalue weighted by Gasteiger charge is 2.39. The number of nitrogens with zero attached hydrogens (tertiary/aromatic N) is 3. The third kappa shape index (κ3) is 6.16. The maximum Gasteiger partial charge on any atom is 0.437 e. The molecule has 4 aromatic rings. The average molecular weight is 553 g/mol. The lowest BCUT2D eigenvalue weighted by Gasteiger charge is -2.12. The lowest BCUT2D eigenvalue weighted by atomic mass is 10.1. The molecule has 0 saturated carbocycles. The molecular weight excluding hydrogens is 535 g/mol. The summed E-state index contributed by atoms with van der Waals surface area (Å²) in [6.45, 7) is 1.03. The highest BCUT2D eigenvalue weighted by atomic mass is 19.4. The van der Waals surface area contributed by atoms with Gasteiger partial charge in [0, 0.05) is 11.5 Å². The topological polar surface area (TPSA) is 103 Å². The number of hydrogen-bond donors (Lipinski definition) is 2. The zero-order chi connectivity index (χ0) is 28.7. The van der Waals surface area contributed by atoms with Crippen LogP contribution in [0.3, 0.4) is 0 Å². The SMILES string of the molecule is Cc1c(NC(=O)c2cc(C(N)=O)nc3cc(F)ccc23)c(C(F)(F)F)nn1Cc1ccc(CC(F)(F)F)cc1. The second-order valence-corrected chi connectivity index (χ2v) is 8.61. The molecule has 0 aliphatic carbocycles. The number of fused-ring (bicyclic) bond motifs is 1. The van der Waals surface area contributed by atoms with Crippen molar-refractivity contribution in [3.63, 3.8) is 0 Å². The molecule has 0 radical (unpaired) electrons. The number of nitrogens with two attached hydrogens (primary N) is 1. The Bertz CT molecular complexity index is 1580. The van der Waals surface area contributed by atoms with Crippen LogP contribution in [0, 0.1) is 12.7 Å². The van der Waals surface area contributed by atoms with E-state index in [1.54, 1.807) is 0 Å². The fraction of sp³-hybridized carbons (Fsp3) is 0.200. The van der Waals surface area contributed by atoms with Crippen LogP contribution < -0.4 is 11.1 Å². The van der Waals surface area contributed by atoms with E-state index in [4.69, 9.17) is 5.73 Å². The molecule has 3 N–H and O–H groups in total. The lowest BCUT2D eigenvalue weighted by molar-refractivity contribution is -0.140. The van der Waals surface area contributed by atoms with Crippen LogP contribution in [0.1, 0.15) is 43.4 Å². The van der Waals surface area contributed by atoms with Crippen molar-refractivity contribution in [3.05, 3.63) is 88.1 Å².